The van der Waals surface area contributed by atoms with E-state index in [1.807, 2.05) is 6.07 Å². The Morgan fingerprint density at radius 1 is 0.444 bits per heavy atom. The maximum absolute atomic E-state index is 6.65. The molecule has 2 aromatic heterocycles. The van der Waals surface area contributed by atoms with Crippen LogP contribution in [0.1, 0.15) is 30.0 Å². The van der Waals surface area contributed by atoms with Crippen molar-refractivity contribution in [2.24, 2.45) is 15.9 Å². The third kappa shape index (κ3) is 5.76. The zero-order valence-electron chi connectivity index (χ0n) is 34.6. The monoisotopic (exact) mass is 805 g/mol. The largest absolute Gasteiger partial charge is 0.456 e. The topological polar surface area (TPSA) is 42.8 Å². The first kappa shape index (κ1) is 35.7. The summed E-state index contributed by atoms with van der Waals surface area (Å²) < 4.78 is 9.07. The molecule has 13 rings (SSSR count). The fourth-order valence-corrected chi connectivity index (χ4v) is 10.0. The molecule has 0 bridgehead atoms. The van der Waals surface area contributed by atoms with Crippen LogP contribution in [0.5, 0.6) is 0 Å². The molecule has 0 saturated carbocycles. The summed E-state index contributed by atoms with van der Waals surface area (Å²) in [6, 6.07) is 69.9. The van der Waals surface area contributed by atoms with Gasteiger partial charge in [0, 0.05) is 44.7 Å². The van der Waals surface area contributed by atoms with Crippen molar-refractivity contribution in [3.63, 3.8) is 0 Å². The summed E-state index contributed by atoms with van der Waals surface area (Å²) in [5, 5.41) is 14.2. The minimum absolute atomic E-state index is 0.0950. The molecule has 296 valence electrons. The highest BCUT2D eigenvalue weighted by molar-refractivity contribution is 6.19. The maximum Gasteiger partial charge on any atom is 0.160 e. The van der Waals surface area contributed by atoms with Gasteiger partial charge in [-0.25, -0.2) is 9.98 Å². The summed E-state index contributed by atoms with van der Waals surface area (Å²) in [5.74, 6) is 0.778. The SMILES string of the molecule is CC1C/C=C(\c2cc3c(cc2-n2c4ccccc4c4cc5ccccc5cc42)oc2ccccc23)N=C(c2ccc3c(ccc4ccccc43)c2)N=C1c1ccc2ccccc2c1. The smallest absolute Gasteiger partial charge is 0.160 e. The second-order valence-electron chi connectivity index (χ2n) is 17.0. The fourth-order valence-electron chi connectivity index (χ4n) is 10.0. The van der Waals surface area contributed by atoms with E-state index in [1.54, 1.807) is 0 Å². The van der Waals surface area contributed by atoms with Crippen LogP contribution in [0.3, 0.4) is 0 Å². The summed E-state index contributed by atoms with van der Waals surface area (Å²) in [7, 11) is 0. The van der Waals surface area contributed by atoms with E-state index < -0.39 is 0 Å². The molecule has 1 atom stereocenters. The van der Waals surface area contributed by atoms with Gasteiger partial charge in [-0.3, -0.25) is 0 Å². The first-order chi connectivity index (χ1) is 31.1. The standard InChI is InChI=1S/C59H39N3O/c1-36-22-29-52(60-59(61-58(36)43-26-23-37-12-2-3-14-39(37)30-43)44-27-28-46-42(31-44)25-24-38-13-6-7-17-45(38)46)51-34-50-48-19-9-11-21-56(48)63-57(50)35-55(51)62-53-20-10-8-18-47(53)49-32-40-15-4-5-16-41(40)33-54(49)62/h2-21,23-36H,22H2,1H3/b52-29+,60-59?,61-58?. The molecule has 0 saturated heterocycles. The molecule has 0 fully saturated rings. The predicted molar refractivity (Wildman–Crippen MR) is 266 cm³/mol. The van der Waals surface area contributed by atoms with Crippen LogP contribution in [0, 0.1) is 5.92 Å². The molecule has 3 heterocycles. The minimum Gasteiger partial charge on any atom is -0.456 e. The third-order valence-electron chi connectivity index (χ3n) is 13.2. The van der Waals surface area contributed by atoms with Gasteiger partial charge in [-0.1, -0.05) is 159 Å². The Morgan fingerprint density at radius 3 is 1.94 bits per heavy atom. The second kappa shape index (κ2) is 14.0. The van der Waals surface area contributed by atoms with Gasteiger partial charge in [-0.15, -0.1) is 0 Å². The number of allylic oxidation sites excluding steroid dienone is 1. The molecular formula is C59H39N3O. The Labute approximate surface area is 363 Å². The minimum atomic E-state index is 0.0950. The van der Waals surface area contributed by atoms with Crippen LogP contribution >= 0.6 is 0 Å². The molecule has 10 aromatic carbocycles. The van der Waals surface area contributed by atoms with Gasteiger partial charge >= 0.3 is 0 Å². The Hall–Kier alpha value is -8.08. The van der Waals surface area contributed by atoms with Crippen LogP contribution < -0.4 is 0 Å². The van der Waals surface area contributed by atoms with E-state index in [4.69, 9.17) is 14.4 Å². The number of furan rings is 1. The lowest BCUT2D eigenvalue weighted by atomic mass is 9.91. The predicted octanol–water partition coefficient (Wildman–Crippen LogP) is 15.6. The summed E-state index contributed by atoms with van der Waals surface area (Å²) in [5.41, 5.74) is 9.98. The molecule has 4 heteroatoms. The zero-order valence-corrected chi connectivity index (χ0v) is 34.6. The Kier molecular flexibility index (Phi) is 7.91. The molecule has 63 heavy (non-hydrogen) atoms. The number of para-hydroxylation sites is 2. The van der Waals surface area contributed by atoms with Crippen LogP contribution in [-0.2, 0) is 0 Å². The van der Waals surface area contributed by atoms with Gasteiger partial charge in [-0.05, 0) is 97.5 Å². The number of aromatic nitrogens is 1. The quantitative estimate of drug-likeness (QED) is 0.163. The number of fused-ring (bicyclic) bond motifs is 11. The molecule has 1 aliphatic heterocycles. The van der Waals surface area contributed by atoms with Crippen LogP contribution in [0.2, 0.25) is 0 Å². The van der Waals surface area contributed by atoms with E-state index in [0.717, 1.165) is 78.6 Å². The Morgan fingerprint density at radius 2 is 1.08 bits per heavy atom. The van der Waals surface area contributed by atoms with Gasteiger partial charge < -0.3 is 8.98 Å². The molecule has 0 aliphatic carbocycles. The van der Waals surface area contributed by atoms with Gasteiger partial charge in [0.15, 0.2) is 5.84 Å². The van der Waals surface area contributed by atoms with Gasteiger partial charge in [0.25, 0.3) is 0 Å². The van der Waals surface area contributed by atoms with Gasteiger partial charge in [0.2, 0.25) is 0 Å². The molecule has 1 aliphatic rings. The maximum atomic E-state index is 6.65. The molecule has 1 unspecified atom stereocenters. The molecule has 12 aromatic rings. The first-order valence-corrected chi connectivity index (χ1v) is 21.8. The lowest BCUT2D eigenvalue weighted by Gasteiger charge is -2.20. The summed E-state index contributed by atoms with van der Waals surface area (Å²) in [4.78, 5) is 11.4. The fraction of sp³-hybridized carbons (Fsp3) is 0.0508. The van der Waals surface area contributed by atoms with E-state index in [1.165, 1.54) is 48.5 Å². The van der Waals surface area contributed by atoms with E-state index in [0.29, 0.717) is 5.84 Å². The van der Waals surface area contributed by atoms with E-state index in [2.05, 4.69) is 206 Å². The summed E-state index contributed by atoms with van der Waals surface area (Å²) in [6.07, 6.45) is 3.09. The Balaban J connectivity index is 1.10. The Bertz CT molecular complexity index is 3970. The number of hydrogen-bond donors (Lipinski definition) is 0. The van der Waals surface area contributed by atoms with Crippen LogP contribution in [0.4, 0.5) is 0 Å². The molecule has 4 nitrogen and oxygen atoms in total. The number of hydrogen-bond acceptors (Lipinski definition) is 3. The second-order valence-corrected chi connectivity index (χ2v) is 17.0. The third-order valence-corrected chi connectivity index (χ3v) is 13.2. The van der Waals surface area contributed by atoms with Crippen molar-refractivity contribution in [2.75, 3.05) is 0 Å². The highest BCUT2D eigenvalue weighted by Gasteiger charge is 2.24. The number of benzene rings is 10. The molecule has 0 amide bonds. The number of amidine groups is 1. The van der Waals surface area contributed by atoms with Crippen LogP contribution in [0.25, 0.3) is 98.2 Å². The van der Waals surface area contributed by atoms with Crippen molar-refractivity contribution in [2.45, 2.75) is 13.3 Å². The van der Waals surface area contributed by atoms with E-state index >= 15 is 0 Å². The zero-order chi connectivity index (χ0) is 41.6. The van der Waals surface area contributed by atoms with Crippen molar-refractivity contribution in [3.8, 4) is 5.69 Å². The lowest BCUT2D eigenvalue weighted by Crippen LogP contribution is -2.17. The number of nitrogens with zero attached hydrogens (tertiary/aromatic N) is 3. The van der Waals surface area contributed by atoms with Gasteiger partial charge in [-0.2, -0.15) is 0 Å². The molecule has 0 radical (unpaired) electrons. The lowest BCUT2D eigenvalue weighted by molar-refractivity contribution is 0.668. The highest BCUT2D eigenvalue weighted by atomic mass is 16.3. The number of rotatable bonds is 4. The average Bonchev–Trinajstić information content (AvgIpc) is 3.86. The van der Waals surface area contributed by atoms with Crippen molar-refractivity contribution >= 4 is 104 Å². The van der Waals surface area contributed by atoms with Crippen LogP contribution in [-0.4, -0.2) is 16.1 Å². The molecule has 0 spiro atoms. The van der Waals surface area contributed by atoms with Crippen molar-refractivity contribution in [1.82, 2.24) is 4.57 Å². The average molecular weight is 806 g/mol. The van der Waals surface area contributed by atoms with E-state index in [-0.39, 0.29) is 5.92 Å². The van der Waals surface area contributed by atoms with Gasteiger partial charge in [0.05, 0.1) is 28.1 Å². The van der Waals surface area contributed by atoms with E-state index in [9.17, 15) is 0 Å². The molecular weight excluding hydrogens is 767 g/mol. The highest BCUT2D eigenvalue weighted by Crippen LogP contribution is 2.41. The first-order valence-electron chi connectivity index (χ1n) is 21.8. The van der Waals surface area contributed by atoms with Crippen molar-refractivity contribution in [3.05, 3.63) is 217 Å². The summed E-state index contributed by atoms with van der Waals surface area (Å²) >= 11 is 0. The van der Waals surface area contributed by atoms with Crippen molar-refractivity contribution < 1.29 is 4.42 Å². The van der Waals surface area contributed by atoms with Crippen molar-refractivity contribution in [1.29, 1.82) is 0 Å². The number of aliphatic imine (C=N–C) groups is 2. The summed E-state index contributed by atoms with van der Waals surface area (Å²) in [6.45, 7) is 2.30. The van der Waals surface area contributed by atoms with Crippen LogP contribution in [0.15, 0.2) is 215 Å². The van der Waals surface area contributed by atoms with Gasteiger partial charge in [0.1, 0.15) is 11.2 Å². The normalized spacial score (nSPS) is 15.6. The molecule has 0 N–H and O–H groups in total.